The molecule has 2 aliphatic rings. The third-order valence-corrected chi connectivity index (χ3v) is 5.23. The maximum atomic E-state index is 12.9. The number of hydrogen-bond acceptors (Lipinski definition) is 3. The third kappa shape index (κ3) is 4.90. The number of likely N-dealkylation sites (tertiary alicyclic amines) is 1. The second-order valence-electron chi connectivity index (χ2n) is 7.07. The Labute approximate surface area is 152 Å². The Morgan fingerprint density at radius 3 is 2.42 bits per heavy atom. The highest BCUT2D eigenvalue weighted by atomic mass is 19.4. The number of benzene rings is 1. The normalized spacial score (nSPS) is 19.9. The van der Waals surface area contributed by atoms with Crippen molar-refractivity contribution < 1.29 is 18.0 Å². The Morgan fingerprint density at radius 2 is 1.73 bits per heavy atom. The summed E-state index contributed by atoms with van der Waals surface area (Å²) >= 11 is 0. The number of carbonyl (C=O) groups excluding carboxylic acids is 1. The second-order valence-corrected chi connectivity index (χ2v) is 7.07. The zero-order valence-corrected chi connectivity index (χ0v) is 15.0. The number of piperazine rings is 1. The molecule has 0 N–H and O–H groups in total. The molecule has 1 amide bonds. The fourth-order valence-electron chi connectivity index (χ4n) is 3.69. The van der Waals surface area contributed by atoms with Crippen LogP contribution in [0.1, 0.15) is 31.2 Å². The van der Waals surface area contributed by atoms with Crippen LogP contribution >= 0.6 is 0 Å². The molecule has 26 heavy (non-hydrogen) atoms. The number of hydrogen-bond donors (Lipinski definition) is 0. The molecule has 0 unspecified atom stereocenters. The van der Waals surface area contributed by atoms with Crippen molar-refractivity contribution >= 4 is 11.6 Å². The van der Waals surface area contributed by atoms with Gasteiger partial charge in [-0.25, -0.2) is 0 Å². The van der Waals surface area contributed by atoms with Gasteiger partial charge in [-0.3, -0.25) is 9.69 Å². The lowest BCUT2D eigenvalue weighted by Gasteiger charge is -2.36. The number of anilines is 1. The van der Waals surface area contributed by atoms with Crippen LogP contribution in [-0.2, 0) is 11.0 Å². The summed E-state index contributed by atoms with van der Waals surface area (Å²) < 4.78 is 38.6. The Hall–Kier alpha value is -1.76. The number of nitrogens with zero attached hydrogens (tertiary/aromatic N) is 3. The van der Waals surface area contributed by atoms with Crippen molar-refractivity contribution in [3.05, 3.63) is 29.8 Å². The number of piperidine rings is 1. The van der Waals surface area contributed by atoms with E-state index < -0.39 is 11.7 Å². The first kappa shape index (κ1) is 19.0. The van der Waals surface area contributed by atoms with Gasteiger partial charge in [-0.15, -0.1) is 0 Å². The zero-order valence-electron chi connectivity index (χ0n) is 15.0. The van der Waals surface area contributed by atoms with Crippen molar-refractivity contribution in [3.8, 4) is 0 Å². The van der Waals surface area contributed by atoms with Gasteiger partial charge in [0.2, 0.25) is 5.91 Å². The molecule has 7 heteroatoms. The summed E-state index contributed by atoms with van der Waals surface area (Å²) in [7, 11) is 0. The van der Waals surface area contributed by atoms with Crippen molar-refractivity contribution in [2.75, 3.05) is 50.7 Å². The van der Waals surface area contributed by atoms with E-state index in [0.717, 1.165) is 71.1 Å². The van der Waals surface area contributed by atoms with Crippen molar-refractivity contribution in [1.82, 2.24) is 9.80 Å². The standard InChI is InChI=1S/C19H26F3N3O/c20-19(21,22)16-5-3-6-17(15-16)24-13-11-23(12-14-24)8-4-10-25-9-2-1-7-18(25)26/h3,5-6,15H,1-2,4,7-14H2. The summed E-state index contributed by atoms with van der Waals surface area (Å²) in [6, 6.07) is 5.56. The molecular weight excluding hydrogens is 343 g/mol. The molecule has 1 aromatic carbocycles. The zero-order chi connectivity index (χ0) is 18.6. The van der Waals surface area contributed by atoms with Crippen LogP contribution in [0.5, 0.6) is 0 Å². The van der Waals surface area contributed by atoms with Gasteiger partial charge in [-0.05, 0) is 44.0 Å². The molecule has 0 saturated carbocycles. The summed E-state index contributed by atoms with van der Waals surface area (Å²) in [5.74, 6) is 0.269. The SMILES string of the molecule is O=C1CCCCN1CCCN1CCN(c2cccc(C(F)(F)F)c2)CC1. The molecule has 0 atom stereocenters. The van der Waals surface area contributed by atoms with E-state index in [0.29, 0.717) is 12.1 Å². The lowest BCUT2D eigenvalue weighted by molar-refractivity contribution is -0.137. The van der Waals surface area contributed by atoms with E-state index in [1.165, 1.54) is 12.1 Å². The average molecular weight is 369 g/mol. The molecule has 144 valence electrons. The lowest BCUT2D eigenvalue weighted by atomic mass is 10.1. The highest BCUT2D eigenvalue weighted by Crippen LogP contribution is 2.31. The van der Waals surface area contributed by atoms with Crippen LogP contribution in [0.3, 0.4) is 0 Å². The fraction of sp³-hybridized carbons (Fsp3) is 0.632. The first-order chi connectivity index (χ1) is 12.4. The molecule has 1 aromatic rings. The number of alkyl halides is 3. The number of halogens is 3. The minimum Gasteiger partial charge on any atom is -0.369 e. The number of rotatable bonds is 5. The molecule has 0 bridgehead atoms. The van der Waals surface area contributed by atoms with Gasteiger partial charge in [0.05, 0.1) is 5.56 Å². The molecule has 2 saturated heterocycles. The summed E-state index contributed by atoms with van der Waals surface area (Å²) in [6.07, 6.45) is -0.567. The second kappa shape index (κ2) is 8.29. The molecule has 3 rings (SSSR count). The average Bonchev–Trinajstić information content (AvgIpc) is 2.63. The van der Waals surface area contributed by atoms with Gasteiger partial charge in [0.15, 0.2) is 0 Å². The van der Waals surface area contributed by atoms with Crippen molar-refractivity contribution in [2.24, 2.45) is 0 Å². The summed E-state index contributed by atoms with van der Waals surface area (Å²) in [5.41, 5.74) is 0.0435. The predicted octanol–water partition coefficient (Wildman–Crippen LogP) is 3.23. The summed E-state index contributed by atoms with van der Waals surface area (Å²) in [4.78, 5) is 18.1. The molecule has 4 nitrogen and oxygen atoms in total. The molecule has 0 aliphatic carbocycles. The van der Waals surface area contributed by atoms with E-state index in [2.05, 4.69) is 4.90 Å². The van der Waals surface area contributed by atoms with E-state index in [-0.39, 0.29) is 5.91 Å². The van der Waals surface area contributed by atoms with E-state index in [4.69, 9.17) is 0 Å². The van der Waals surface area contributed by atoms with Gasteiger partial charge in [0.1, 0.15) is 0 Å². The highest BCUT2D eigenvalue weighted by Gasteiger charge is 2.31. The van der Waals surface area contributed by atoms with E-state index in [1.54, 1.807) is 6.07 Å². The van der Waals surface area contributed by atoms with E-state index in [9.17, 15) is 18.0 Å². The van der Waals surface area contributed by atoms with E-state index in [1.807, 2.05) is 9.80 Å². The highest BCUT2D eigenvalue weighted by molar-refractivity contribution is 5.76. The smallest absolute Gasteiger partial charge is 0.369 e. The molecular formula is C19H26F3N3O. The lowest BCUT2D eigenvalue weighted by Crippen LogP contribution is -2.47. The Bertz CT molecular complexity index is 612. The fourth-order valence-corrected chi connectivity index (χ4v) is 3.69. The maximum absolute atomic E-state index is 12.9. The maximum Gasteiger partial charge on any atom is 0.416 e. The van der Waals surface area contributed by atoms with Crippen molar-refractivity contribution in [3.63, 3.8) is 0 Å². The molecule has 2 aliphatic heterocycles. The van der Waals surface area contributed by atoms with Gasteiger partial charge in [-0.1, -0.05) is 6.07 Å². The largest absolute Gasteiger partial charge is 0.416 e. The summed E-state index contributed by atoms with van der Waals surface area (Å²) in [6.45, 7) is 5.75. The predicted molar refractivity (Wildman–Crippen MR) is 95.1 cm³/mol. The van der Waals surface area contributed by atoms with Crippen molar-refractivity contribution in [2.45, 2.75) is 31.9 Å². The first-order valence-corrected chi connectivity index (χ1v) is 9.36. The molecule has 2 heterocycles. The summed E-state index contributed by atoms with van der Waals surface area (Å²) in [5, 5.41) is 0. The third-order valence-electron chi connectivity index (χ3n) is 5.23. The molecule has 0 aromatic heterocycles. The molecule has 2 fully saturated rings. The molecule has 0 radical (unpaired) electrons. The quantitative estimate of drug-likeness (QED) is 0.797. The minimum absolute atomic E-state index is 0.269. The minimum atomic E-state index is -4.30. The van der Waals surface area contributed by atoms with Crippen LogP contribution in [0.2, 0.25) is 0 Å². The van der Waals surface area contributed by atoms with Crippen LogP contribution in [0.25, 0.3) is 0 Å². The topological polar surface area (TPSA) is 26.8 Å². The monoisotopic (exact) mass is 369 g/mol. The Balaban J connectivity index is 1.43. The van der Waals surface area contributed by atoms with Crippen molar-refractivity contribution in [1.29, 1.82) is 0 Å². The van der Waals surface area contributed by atoms with Gasteiger partial charge < -0.3 is 9.80 Å². The van der Waals surface area contributed by atoms with E-state index >= 15 is 0 Å². The van der Waals surface area contributed by atoms with Crippen LogP contribution in [0.15, 0.2) is 24.3 Å². The van der Waals surface area contributed by atoms with Gasteiger partial charge in [0.25, 0.3) is 0 Å². The Morgan fingerprint density at radius 1 is 0.962 bits per heavy atom. The Kier molecular flexibility index (Phi) is 6.06. The first-order valence-electron chi connectivity index (χ1n) is 9.36. The van der Waals surface area contributed by atoms with Gasteiger partial charge in [0, 0.05) is 51.4 Å². The van der Waals surface area contributed by atoms with Crippen LogP contribution in [0.4, 0.5) is 18.9 Å². The number of carbonyl (C=O) groups is 1. The van der Waals surface area contributed by atoms with Gasteiger partial charge >= 0.3 is 6.18 Å². The van der Waals surface area contributed by atoms with Gasteiger partial charge in [-0.2, -0.15) is 13.2 Å². The molecule has 0 spiro atoms. The number of amides is 1. The van der Waals surface area contributed by atoms with Crippen LogP contribution in [0, 0.1) is 0 Å². The van der Waals surface area contributed by atoms with Crippen LogP contribution < -0.4 is 4.90 Å². The van der Waals surface area contributed by atoms with Crippen LogP contribution in [-0.4, -0.2) is 61.5 Å².